The zero-order chi connectivity index (χ0) is 26.4. The molecule has 0 rings (SSSR count). The number of carbonyl (C=O) groups excluding carboxylic acids is 1. The van der Waals surface area contributed by atoms with E-state index in [4.69, 9.17) is 0 Å². The lowest BCUT2D eigenvalue weighted by molar-refractivity contribution is -0.131. The Balaban J connectivity index is 4.23. The number of carbonyl (C=O) groups is 1. The Morgan fingerprint density at radius 2 is 1.03 bits per heavy atom. The van der Waals surface area contributed by atoms with Crippen molar-refractivity contribution in [2.75, 3.05) is 5.75 Å². The molecule has 7 nitrogen and oxygen atoms in total. The summed E-state index contributed by atoms with van der Waals surface area (Å²) in [6.07, 6.45) is 18.6. The van der Waals surface area contributed by atoms with Crippen LogP contribution in [0.1, 0.15) is 142 Å². The zero-order valence-electron chi connectivity index (χ0n) is 22.6. The highest BCUT2D eigenvalue weighted by atomic mass is 32.2. The molecule has 210 valence electrons. The van der Waals surface area contributed by atoms with Crippen molar-refractivity contribution >= 4 is 16.0 Å². The summed E-state index contributed by atoms with van der Waals surface area (Å²) in [4.78, 5) is 12.4. The summed E-state index contributed by atoms with van der Waals surface area (Å²) in [5.41, 5.74) is 0. The first-order valence-corrected chi connectivity index (χ1v) is 15.9. The molecule has 0 bridgehead atoms. The molecule has 0 spiro atoms. The van der Waals surface area contributed by atoms with Gasteiger partial charge >= 0.3 is 0 Å². The molecule has 0 aromatic heterocycles. The number of hydrogen-bond donors (Lipinski definition) is 4. The van der Waals surface area contributed by atoms with Gasteiger partial charge in [0.05, 0.1) is 17.9 Å². The Bertz CT molecular complexity index is 598. The van der Waals surface area contributed by atoms with Gasteiger partial charge in [-0.1, -0.05) is 129 Å². The fourth-order valence-corrected chi connectivity index (χ4v) is 5.16. The average Bonchev–Trinajstić information content (AvgIpc) is 2.80. The molecule has 0 aliphatic rings. The standard InChI is InChI=1S/C27H55NO6S/c1-3-5-7-9-11-13-15-17-19-21-25(29)24(23-35(32,33)34)28-27(31)26(30)22-20-18-16-14-12-10-8-6-4-2/h24-26,29-30H,3-23H2,1-2H3,(H,28,31)(H,32,33,34). The van der Waals surface area contributed by atoms with E-state index in [2.05, 4.69) is 19.2 Å². The molecule has 0 aromatic rings. The van der Waals surface area contributed by atoms with E-state index in [-0.39, 0.29) is 0 Å². The summed E-state index contributed by atoms with van der Waals surface area (Å²) in [5.74, 6) is -1.45. The van der Waals surface area contributed by atoms with Gasteiger partial charge in [0.2, 0.25) is 5.91 Å². The van der Waals surface area contributed by atoms with E-state index >= 15 is 0 Å². The zero-order valence-corrected chi connectivity index (χ0v) is 23.4. The van der Waals surface area contributed by atoms with Crippen molar-refractivity contribution in [3.8, 4) is 0 Å². The van der Waals surface area contributed by atoms with E-state index in [1.54, 1.807) is 0 Å². The second-order valence-corrected chi connectivity index (χ2v) is 11.7. The van der Waals surface area contributed by atoms with Gasteiger partial charge in [0, 0.05) is 0 Å². The van der Waals surface area contributed by atoms with Crippen LogP contribution in [-0.4, -0.2) is 53.1 Å². The highest BCUT2D eigenvalue weighted by molar-refractivity contribution is 7.85. The van der Waals surface area contributed by atoms with Gasteiger partial charge in [0.25, 0.3) is 10.1 Å². The van der Waals surface area contributed by atoms with E-state index in [0.29, 0.717) is 19.3 Å². The topological polar surface area (TPSA) is 124 Å². The van der Waals surface area contributed by atoms with Gasteiger partial charge in [0.15, 0.2) is 0 Å². The van der Waals surface area contributed by atoms with Crippen LogP contribution in [0.5, 0.6) is 0 Å². The number of nitrogens with one attached hydrogen (secondary N) is 1. The largest absolute Gasteiger partial charge is 0.391 e. The molecule has 3 unspecified atom stereocenters. The summed E-state index contributed by atoms with van der Waals surface area (Å²) < 4.78 is 32.1. The molecule has 1 amide bonds. The molecule has 35 heavy (non-hydrogen) atoms. The number of unbranched alkanes of at least 4 members (excludes halogenated alkanes) is 16. The van der Waals surface area contributed by atoms with Crippen molar-refractivity contribution in [1.29, 1.82) is 0 Å². The maximum absolute atomic E-state index is 12.4. The molecular weight excluding hydrogens is 466 g/mol. The smallest absolute Gasteiger partial charge is 0.266 e. The van der Waals surface area contributed by atoms with Gasteiger partial charge in [-0.05, 0) is 12.8 Å². The van der Waals surface area contributed by atoms with Crippen molar-refractivity contribution in [2.45, 2.75) is 161 Å². The molecule has 8 heteroatoms. The van der Waals surface area contributed by atoms with E-state index in [1.807, 2.05) is 0 Å². The number of aliphatic hydroxyl groups is 2. The third-order valence-electron chi connectivity index (χ3n) is 6.67. The van der Waals surface area contributed by atoms with Gasteiger partial charge < -0.3 is 15.5 Å². The van der Waals surface area contributed by atoms with Crippen LogP contribution in [0.15, 0.2) is 0 Å². The van der Waals surface area contributed by atoms with E-state index < -0.39 is 40.0 Å². The fraction of sp³-hybridized carbons (Fsp3) is 0.963. The van der Waals surface area contributed by atoms with Crippen LogP contribution in [0.2, 0.25) is 0 Å². The summed E-state index contributed by atoms with van der Waals surface area (Å²) >= 11 is 0. The molecular formula is C27H55NO6S. The number of hydrogen-bond acceptors (Lipinski definition) is 5. The molecule has 4 N–H and O–H groups in total. The number of rotatable bonds is 25. The van der Waals surface area contributed by atoms with Gasteiger partial charge in [0.1, 0.15) is 6.10 Å². The quantitative estimate of drug-likeness (QED) is 0.0873. The van der Waals surface area contributed by atoms with Crippen LogP contribution in [0.3, 0.4) is 0 Å². The van der Waals surface area contributed by atoms with E-state index in [0.717, 1.165) is 44.9 Å². The predicted molar refractivity (Wildman–Crippen MR) is 144 cm³/mol. The summed E-state index contributed by atoms with van der Waals surface area (Å²) in [6.45, 7) is 4.40. The van der Waals surface area contributed by atoms with Gasteiger partial charge in [-0.3, -0.25) is 9.35 Å². The molecule has 3 atom stereocenters. The molecule has 0 aliphatic heterocycles. The molecule has 0 radical (unpaired) electrons. The van der Waals surface area contributed by atoms with Crippen molar-refractivity contribution in [1.82, 2.24) is 5.32 Å². The monoisotopic (exact) mass is 521 g/mol. The lowest BCUT2D eigenvalue weighted by atomic mass is 10.0. The second-order valence-electron chi connectivity index (χ2n) is 10.2. The lowest BCUT2D eigenvalue weighted by Crippen LogP contribution is -2.50. The molecule has 0 aromatic carbocycles. The Hall–Kier alpha value is -0.700. The molecule has 0 heterocycles. The summed E-state index contributed by atoms with van der Waals surface area (Å²) in [7, 11) is -4.38. The molecule has 0 aliphatic carbocycles. The van der Waals surface area contributed by atoms with Crippen molar-refractivity contribution < 1.29 is 28.0 Å². The highest BCUT2D eigenvalue weighted by Crippen LogP contribution is 2.14. The lowest BCUT2D eigenvalue weighted by Gasteiger charge is -2.24. The first-order chi connectivity index (χ1) is 16.7. The van der Waals surface area contributed by atoms with E-state index in [9.17, 15) is 28.0 Å². The molecule has 0 fully saturated rings. The van der Waals surface area contributed by atoms with Crippen LogP contribution in [0, 0.1) is 0 Å². The third-order valence-corrected chi connectivity index (χ3v) is 7.45. The minimum Gasteiger partial charge on any atom is -0.391 e. The SMILES string of the molecule is CCCCCCCCCCCC(O)C(=O)NC(CS(=O)(=O)O)C(O)CCCCCCCCCCC. The first-order valence-electron chi connectivity index (χ1n) is 14.3. The van der Waals surface area contributed by atoms with Gasteiger partial charge in [-0.15, -0.1) is 0 Å². The van der Waals surface area contributed by atoms with Crippen molar-refractivity contribution in [2.24, 2.45) is 0 Å². The maximum Gasteiger partial charge on any atom is 0.266 e. The van der Waals surface area contributed by atoms with Crippen LogP contribution < -0.4 is 5.32 Å². The second kappa shape index (κ2) is 22.5. The first kappa shape index (κ1) is 34.3. The van der Waals surface area contributed by atoms with Gasteiger partial charge in [-0.25, -0.2) is 0 Å². The number of amides is 1. The third kappa shape index (κ3) is 22.2. The minimum absolute atomic E-state index is 0.300. The Morgan fingerprint density at radius 3 is 1.43 bits per heavy atom. The summed E-state index contributed by atoms with van der Waals surface area (Å²) in [5, 5.41) is 23.1. The Kier molecular flexibility index (Phi) is 22.0. The highest BCUT2D eigenvalue weighted by Gasteiger charge is 2.28. The normalized spacial score (nSPS) is 14.5. The van der Waals surface area contributed by atoms with Crippen LogP contribution in [0.4, 0.5) is 0 Å². The van der Waals surface area contributed by atoms with E-state index in [1.165, 1.54) is 64.2 Å². The Morgan fingerprint density at radius 1 is 0.657 bits per heavy atom. The van der Waals surface area contributed by atoms with Crippen LogP contribution in [0.25, 0.3) is 0 Å². The van der Waals surface area contributed by atoms with Crippen LogP contribution >= 0.6 is 0 Å². The minimum atomic E-state index is -4.38. The van der Waals surface area contributed by atoms with Crippen molar-refractivity contribution in [3.63, 3.8) is 0 Å². The molecule has 0 saturated carbocycles. The molecule has 0 saturated heterocycles. The summed E-state index contributed by atoms with van der Waals surface area (Å²) in [6, 6.07) is -1.13. The van der Waals surface area contributed by atoms with Gasteiger partial charge in [-0.2, -0.15) is 8.42 Å². The Labute approximate surface area is 215 Å². The number of aliphatic hydroxyl groups excluding tert-OH is 2. The van der Waals surface area contributed by atoms with Crippen molar-refractivity contribution in [3.05, 3.63) is 0 Å². The maximum atomic E-state index is 12.4. The average molecular weight is 522 g/mol. The predicted octanol–water partition coefficient (Wildman–Crippen LogP) is 5.92. The fourth-order valence-electron chi connectivity index (χ4n) is 4.40. The van der Waals surface area contributed by atoms with Crippen LogP contribution in [-0.2, 0) is 14.9 Å².